The molecule has 0 saturated heterocycles. The number of aryl methyl sites for hydroxylation is 2. The molecule has 3 rings (SSSR count). The lowest BCUT2D eigenvalue weighted by molar-refractivity contribution is 0.542. The molecule has 0 amide bonds. The van der Waals surface area contributed by atoms with Crippen LogP contribution in [0, 0.1) is 0 Å². The fraction of sp³-hybridized carbons (Fsp3) is 0.545. The Kier molecular flexibility index (Phi) is 3.15. The smallest absolute Gasteiger partial charge is 0.165 e. The van der Waals surface area contributed by atoms with E-state index >= 15 is 0 Å². The third-order valence-electron chi connectivity index (χ3n) is 2.88. The van der Waals surface area contributed by atoms with E-state index in [4.69, 9.17) is 0 Å². The van der Waals surface area contributed by atoms with Crippen LogP contribution in [0.2, 0.25) is 0 Å². The van der Waals surface area contributed by atoms with Crippen molar-refractivity contribution in [1.29, 1.82) is 0 Å². The lowest BCUT2D eigenvalue weighted by atomic mass is 10.3. The maximum Gasteiger partial charge on any atom is 0.165 e. The molecular formula is C11H15N5S. The van der Waals surface area contributed by atoms with Gasteiger partial charge in [0.1, 0.15) is 0 Å². The topological polar surface area (TPSA) is 55.6 Å². The maximum atomic E-state index is 4.06. The van der Waals surface area contributed by atoms with Crippen molar-refractivity contribution in [1.82, 2.24) is 25.5 Å². The molecule has 1 fully saturated rings. The largest absolute Gasteiger partial charge is 0.307 e. The van der Waals surface area contributed by atoms with E-state index in [0.717, 1.165) is 25.3 Å². The molecule has 1 N–H and O–H groups in total. The summed E-state index contributed by atoms with van der Waals surface area (Å²) in [5.74, 6) is 0.938. The summed E-state index contributed by atoms with van der Waals surface area (Å²) in [7, 11) is 0. The molecule has 2 aromatic rings. The number of rotatable bonds is 6. The van der Waals surface area contributed by atoms with Crippen molar-refractivity contribution in [2.24, 2.45) is 0 Å². The molecule has 6 heteroatoms. The van der Waals surface area contributed by atoms with E-state index in [0.29, 0.717) is 6.04 Å². The minimum absolute atomic E-state index is 0.692. The average Bonchev–Trinajstić information content (AvgIpc) is 2.86. The first-order valence-electron chi connectivity index (χ1n) is 5.92. The second-order valence-electron chi connectivity index (χ2n) is 4.30. The minimum Gasteiger partial charge on any atom is -0.307 e. The Morgan fingerprint density at radius 2 is 2.41 bits per heavy atom. The lowest BCUT2D eigenvalue weighted by Gasteiger charge is -2.04. The van der Waals surface area contributed by atoms with Gasteiger partial charge in [-0.05, 0) is 34.7 Å². The van der Waals surface area contributed by atoms with Crippen LogP contribution in [0.4, 0.5) is 0 Å². The third kappa shape index (κ3) is 2.89. The first-order chi connectivity index (χ1) is 8.42. The molecule has 2 heterocycles. The Labute approximate surface area is 104 Å². The van der Waals surface area contributed by atoms with Crippen molar-refractivity contribution in [3.8, 4) is 0 Å². The van der Waals surface area contributed by atoms with E-state index in [9.17, 15) is 0 Å². The molecule has 2 aromatic heterocycles. The molecule has 0 unspecified atom stereocenters. The second-order valence-corrected chi connectivity index (χ2v) is 5.34. The summed E-state index contributed by atoms with van der Waals surface area (Å²) in [5, 5.41) is 17.4. The van der Waals surface area contributed by atoms with Crippen LogP contribution in [0.1, 0.15) is 23.5 Å². The summed E-state index contributed by atoms with van der Waals surface area (Å²) in [5.41, 5.74) is 0. The van der Waals surface area contributed by atoms with Gasteiger partial charge in [-0.2, -0.15) is 0 Å². The average molecular weight is 249 g/mol. The summed E-state index contributed by atoms with van der Waals surface area (Å²) in [4.78, 5) is 1.38. The van der Waals surface area contributed by atoms with E-state index < -0.39 is 0 Å². The molecule has 0 bridgehead atoms. The van der Waals surface area contributed by atoms with Crippen molar-refractivity contribution in [2.75, 3.05) is 0 Å². The van der Waals surface area contributed by atoms with Crippen LogP contribution in [0.25, 0.3) is 0 Å². The number of nitrogens with one attached hydrogen (secondary N) is 1. The van der Waals surface area contributed by atoms with Crippen LogP contribution in [0.15, 0.2) is 17.5 Å². The minimum atomic E-state index is 0.692. The van der Waals surface area contributed by atoms with Crippen LogP contribution >= 0.6 is 11.3 Å². The molecule has 0 aliphatic heterocycles. The maximum absolute atomic E-state index is 4.06. The summed E-state index contributed by atoms with van der Waals surface area (Å²) < 4.78 is 1.90. The van der Waals surface area contributed by atoms with Gasteiger partial charge in [-0.15, -0.1) is 16.4 Å². The molecule has 17 heavy (non-hydrogen) atoms. The van der Waals surface area contributed by atoms with Gasteiger partial charge in [-0.25, -0.2) is 4.68 Å². The van der Waals surface area contributed by atoms with Gasteiger partial charge in [0.25, 0.3) is 0 Å². The molecule has 1 saturated carbocycles. The number of aromatic nitrogens is 4. The molecule has 0 aromatic carbocycles. The monoisotopic (exact) mass is 249 g/mol. The standard InChI is InChI=1S/C11H15N5S/c1-2-10(17-7-1)5-6-16-11(13-14-15-16)8-12-9-3-4-9/h1-2,7,9,12H,3-6,8H2. The van der Waals surface area contributed by atoms with E-state index in [1.807, 2.05) is 4.68 Å². The molecule has 1 aliphatic carbocycles. The summed E-state index contributed by atoms with van der Waals surface area (Å²) in [6.45, 7) is 1.64. The van der Waals surface area contributed by atoms with Crippen molar-refractivity contribution >= 4 is 11.3 Å². The van der Waals surface area contributed by atoms with E-state index in [1.165, 1.54) is 17.7 Å². The van der Waals surface area contributed by atoms with Gasteiger partial charge in [0.2, 0.25) is 0 Å². The van der Waals surface area contributed by atoms with Gasteiger partial charge >= 0.3 is 0 Å². The van der Waals surface area contributed by atoms with Crippen LogP contribution < -0.4 is 5.32 Å². The zero-order valence-electron chi connectivity index (χ0n) is 9.54. The van der Waals surface area contributed by atoms with Gasteiger partial charge in [0.05, 0.1) is 6.54 Å². The molecule has 0 spiro atoms. The first kappa shape index (κ1) is 10.9. The van der Waals surface area contributed by atoms with Gasteiger partial charge in [-0.3, -0.25) is 0 Å². The molecule has 0 radical (unpaired) electrons. The van der Waals surface area contributed by atoms with E-state index in [-0.39, 0.29) is 0 Å². The number of thiophene rings is 1. The highest BCUT2D eigenvalue weighted by molar-refractivity contribution is 7.09. The number of tetrazole rings is 1. The highest BCUT2D eigenvalue weighted by Crippen LogP contribution is 2.19. The van der Waals surface area contributed by atoms with Crippen molar-refractivity contribution in [3.05, 3.63) is 28.2 Å². The van der Waals surface area contributed by atoms with Crippen LogP contribution in [0.3, 0.4) is 0 Å². The van der Waals surface area contributed by atoms with Gasteiger partial charge in [0, 0.05) is 23.9 Å². The van der Waals surface area contributed by atoms with Crippen LogP contribution in [0.5, 0.6) is 0 Å². The summed E-state index contributed by atoms with van der Waals surface area (Å²) in [6, 6.07) is 4.92. The zero-order valence-corrected chi connectivity index (χ0v) is 10.4. The van der Waals surface area contributed by atoms with Gasteiger partial charge in [-0.1, -0.05) is 6.07 Å². The Morgan fingerprint density at radius 1 is 1.47 bits per heavy atom. The molecule has 5 nitrogen and oxygen atoms in total. The number of nitrogens with zero attached hydrogens (tertiary/aromatic N) is 4. The highest BCUT2D eigenvalue weighted by atomic mass is 32.1. The van der Waals surface area contributed by atoms with Crippen molar-refractivity contribution < 1.29 is 0 Å². The molecule has 1 aliphatic rings. The zero-order chi connectivity index (χ0) is 11.5. The lowest BCUT2D eigenvalue weighted by Crippen LogP contribution is -2.19. The quantitative estimate of drug-likeness (QED) is 0.836. The van der Waals surface area contributed by atoms with Gasteiger partial charge in [0.15, 0.2) is 5.82 Å². The fourth-order valence-electron chi connectivity index (χ4n) is 1.72. The van der Waals surface area contributed by atoms with E-state index in [2.05, 4.69) is 38.4 Å². The molecule has 0 atom stereocenters. The number of hydrogen-bond acceptors (Lipinski definition) is 5. The van der Waals surface area contributed by atoms with Crippen LogP contribution in [-0.4, -0.2) is 26.2 Å². The predicted molar refractivity (Wildman–Crippen MR) is 65.7 cm³/mol. The summed E-state index contributed by atoms with van der Waals surface area (Å²) in [6.07, 6.45) is 3.58. The van der Waals surface area contributed by atoms with Crippen molar-refractivity contribution in [2.45, 2.75) is 38.4 Å². The Bertz CT molecular complexity index is 460. The van der Waals surface area contributed by atoms with Gasteiger partial charge < -0.3 is 5.32 Å². The SMILES string of the molecule is c1csc(CCn2nnnc2CNC2CC2)c1. The Balaban J connectivity index is 1.56. The fourth-order valence-corrected chi connectivity index (χ4v) is 2.42. The van der Waals surface area contributed by atoms with Crippen molar-refractivity contribution in [3.63, 3.8) is 0 Å². The molecule has 90 valence electrons. The Hall–Kier alpha value is -1.27. The normalized spacial score (nSPS) is 15.3. The number of hydrogen-bond donors (Lipinski definition) is 1. The first-order valence-corrected chi connectivity index (χ1v) is 6.80. The Morgan fingerprint density at radius 3 is 3.18 bits per heavy atom. The third-order valence-corrected chi connectivity index (χ3v) is 3.82. The summed E-state index contributed by atoms with van der Waals surface area (Å²) >= 11 is 1.78. The highest BCUT2D eigenvalue weighted by Gasteiger charge is 2.21. The second kappa shape index (κ2) is 4.93. The predicted octanol–water partition coefficient (Wildman–Crippen LogP) is 1.23. The molecular weight excluding hydrogens is 234 g/mol. The van der Waals surface area contributed by atoms with Crippen LogP contribution in [-0.2, 0) is 19.5 Å². The van der Waals surface area contributed by atoms with E-state index in [1.54, 1.807) is 11.3 Å².